The fourth-order valence-corrected chi connectivity index (χ4v) is 2.99. The summed E-state index contributed by atoms with van der Waals surface area (Å²) in [6.45, 7) is 0. The minimum absolute atomic E-state index is 0.691. The van der Waals surface area contributed by atoms with Crippen molar-refractivity contribution in [2.75, 3.05) is 12.5 Å². The van der Waals surface area contributed by atoms with Gasteiger partial charge < -0.3 is 9.30 Å². The van der Waals surface area contributed by atoms with E-state index in [1.807, 2.05) is 60.1 Å². The van der Waals surface area contributed by atoms with Gasteiger partial charge in [-0.05, 0) is 29.0 Å². The van der Waals surface area contributed by atoms with Crippen LogP contribution in [0, 0.1) is 0 Å². The minimum atomic E-state index is 0.691. The van der Waals surface area contributed by atoms with Crippen molar-refractivity contribution in [2.24, 2.45) is 12.1 Å². The van der Waals surface area contributed by atoms with Gasteiger partial charge in [-0.3, -0.25) is 0 Å². The maximum atomic E-state index is 5.49. The molecule has 1 aromatic heterocycles. The van der Waals surface area contributed by atoms with Crippen molar-refractivity contribution in [3.8, 4) is 5.75 Å². The topological polar surface area (TPSA) is 51.4 Å². The molecular formula is C20H18N4O. The number of hydrogen-bond acceptors (Lipinski definition) is 4. The van der Waals surface area contributed by atoms with E-state index in [4.69, 9.17) is 4.74 Å². The van der Waals surface area contributed by atoms with Gasteiger partial charge in [0, 0.05) is 12.6 Å². The van der Waals surface area contributed by atoms with Crippen LogP contribution in [-0.4, -0.2) is 22.9 Å². The van der Waals surface area contributed by atoms with Gasteiger partial charge in [0.25, 0.3) is 0 Å². The number of hydrazone groups is 1. The molecule has 3 aromatic carbocycles. The molecule has 1 N–H and O–H groups in total. The van der Waals surface area contributed by atoms with E-state index in [9.17, 15) is 0 Å². The first-order valence-electron chi connectivity index (χ1n) is 8.04. The second-order valence-corrected chi connectivity index (χ2v) is 5.76. The van der Waals surface area contributed by atoms with Crippen molar-refractivity contribution in [1.82, 2.24) is 9.55 Å². The summed E-state index contributed by atoms with van der Waals surface area (Å²) in [6, 6.07) is 20.2. The van der Waals surface area contributed by atoms with Crippen molar-refractivity contribution in [3.63, 3.8) is 0 Å². The molecule has 4 rings (SSSR count). The van der Waals surface area contributed by atoms with Crippen molar-refractivity contribution in [2.45, 2.75) is 0 Å². The highest BCUT2D eigenvalue weighted by Gasteiger charge is 2.07. The van der Waals surface area contributed by atoms with E-state index in [2.05, 4.69) is 27.6 Å². The lowest BCUT2D eigenvalue weighted by atomic mass is 10.0. The summed E-state index contributed by atoms with van der Waals surface area (Å²) in [5.41, 5.74) is 5.96. The summed E-state index contributed by atoms with van der Waals surface area (Å²) < 4.78 is 7.47. The summed E-state index contributed by atoms with van der Waals surface area (Å²) in [4.78, 5) is 4.56. The average Bonchev–Trinajstić information content (AvgIpc) is 2.98. The van der Waals surface area contributed by atoms with Crippen LogP contribution in [0.1, 0.15) is 5.56 Å². The number of anilines is 1. The van der Waals surface area contributed by atoms with Crippen LogP contribution in [-0.2, 0) is 7.05 Å². The Bertz CT molecular complexity index is 1080. The molecule has 124 valence electrons. The zero-order valence-electron chi connectivity index (χ0n) is 14.1. The number of aryl methyl sites for hydroxylation is 1. The van der Waals surface area contributed by atoms with Crippen LogP contribution in [0.3, 0.4) is 0 Å². The van der Waals surface area contributed by atoms with Crippen molar-refractivity contribution in [1.29, 1.82) is 0 Å². The normalized spacial score (nSPS) is 11.4. The number of methoxy groups -OCH3 is 1. The smallest absolute Gasteiger partial charge is 0.224 e. The van der Waals surface area contributed by atoms with Crippen LogP contribution >= 0.6 is 0 Å². The molecule has 0 bridgehead atoms. The van der Waals surface area contributed by atoms with Crippen LogP contribution in [0.2, 0.25) is 0 Å². The Hall–Kier alpha value is -3.34. The van der Waals surface area contributed by atoms with Gasteiger partial charge in [0.1, 0.15) is 5.75 Å². The first kappa shape index (κ1) is 15.2. The number of ether oxygens (including phenoxy) is 1. The maximum absolute atomic E-state index is 5.49. The van der Waals surface area contributed by atoms with E-state index < -0.39 is 0 Å². The molecule has 0 fully saturated rings. The van der Waals surface area contributed by atoms with Gasteiger partial charge in [0.05, 0.1) is 24.4 Å². The van der Waals surface area contributed by atoms with Gasteiger partial charge in [-0.15, -0.1) is 0 Å². The third-order valence-corrected chi connectivity index (χ3v) is 4.30. The molecular weight excluding hydrogens is 312 g/mol. The molecule has 1 heterocycles. The van der Waals surface area contributed by atoms with E-state index in [1.165, 1.54) is 0 Å². The third kappa shape index (κ3) is 2.70. The van der Waals surface area contributed by atoms with Crippen LogP contribution in [0.15, 0.2) is 65.8 Å². The zero-order chi connectivity index (χ0) is 17.2. The quantitative estimate of drug-likeness (QED) is 0.451. The molecule has 0 aliphatic heterocycles. The molecule has 0 saturated carbocycles. The van der Waals surface area contributed by atoms with Crippen molar-refractivity contribution >= 4 is 34.0 Å². The zero-order valence-corrected chi connectivity index (χ0v) is 14.1. The van der Waals surface area contributed by atoms with Gasteiger partial charge >= 0.3 is 0 Å². The summed E-state index contributed by atoms with van der Waals surface area (Å²) in [5.74, 6) is 1.48. The lowest BCUT2D eigenvalue weighted by Gasteiger charge is -2.08. The first-order chi connectivity index (χ1) is 12.3. The monoisotopic (exact) mass is 330 g/mol. The number of nitrogens with zero attached hydrogens (tertiary/aromatic N) is 3. The minimum Gasteiger partial charge on any atom is -0.496 e. The highest BCUT2D eigenvalue weighted by atomic mass is 16.5. The Balaban J connectivity index is 1.70. The van der Waals surface area contributed by atoms with Gasteiger partial charge in [0.2, 0.25) is 5.95 Å². The largest absolute Gasteiger partial charge is 0.496 e. The SMILES string of the molecule is COc1ccc2ccccc2c1/C=N\Nc1nc2ccccc2n1C. The van der Waals surface area contributed by atoms with E-state index >= 15 is 0 Å². The Morgan fingerprint density at radius 2 is 1.84 bits per heavy atom. The molecule has 0 aliphatic carbocycles. The third-order valence-electron chi connectivity index (χ3n) is 4.30. The molecule has 25 heavy (non-hydrogen) atoms. The highest BCUT2D eigenvalue weighted by molar-refractivity contribution is 6.02. The summed E-state index contributed by atoms with van der Waals surface area (Å²) in [7, 11) is 3.63. The van der Waals surface area contributed by atoms with Gasteiger partial charge in [-0.25, -0.2) is 10.4 Å². The number of rotatable bonds is 4. The maximum Gasteiger partial charge on any atom is 0.224 e. The Labute approximate surface area is 145 Å². The molecule has 0 atom stereocenters. The number of hydrogen-bond donors (Lipinski definition) is 1. The Morgan fingerprint density at radius 1 is 1.04 bits per heavy atom. The molecule has 0 radical (unpaired) electrons. The van der Waals surface area contributed by atoms with E-state index in [1.54, 1.807) is 13.3 Å². The Kier molecular flexibility index (Phi) is 3.82. The summed E-state index contributed by atoms with van der Waals surface area (Å²) in [5, 5.41) is 6.63. The van der Waals surface area contributed by atoms with E-state index in [-0.39, 0.29) is 0 Å². The van der Waals surface area contributed by atoms with Crippen LogP contribution in [0.5, 0.6) is 5.75 Å². The molecule has 0 aliphatic rings. The number of benzene rings is 3. The van der Waals surface area contributed by atoms with Crippen LogP contribution in [0.4, 0.5) is 5.95 Å². The first-order valence-corrected chi connectivity index (χ1v) is 8.04. The predicted molar refractivity (Wildman–Crippen MR) is 102 cm³/mol. The standard InChI is InChI=1S/C20H18N4O/c1-24-18-10-6-5-9-17(18)22-20(24)23-21-13-16-15-8-4-3-7-14(15)11-12-19(16)25-2/h3-13H,1-2H3,(H,22,23)/b21-13-. The van der Waals surface area contributed by atoms with Gasteiger partial charge in [0.15, 0.2) is 0 Å². The molecule has 0 saturated heterocycles. The predicted octanol–water partition coefficient (Wildman–Crippen LogP) is 4.18. The lowest BCUT2D eigenvalue weighted by molar-refractivity contribution is 0.415. The van der Waals surface area contributed by atoms with Crippen LogP contribution in [0.25, 0.3) is 21.8 Å². The second kappa shape index (κ2) is 6.28. The summed E-state index contributed by atoms with van der Waals surface area (Å²) in [6.07, 6.45) is 1.78. The number of aromatic nitrogens is 2. The van der Waals surface area contributed by atoms with Crippen molar-refractivity contribution in [3.05, 3.63) is 66.2 Å². The number of imidazole rings is 1. The number of nitrogens with one attached hydrogen (secondary N) is 1. The molecule has 5 nitrogen and oxygen atoms in total. The molecule has 5 heteroatoms. The molecule has 0 unspecified atom stereocenters. The fraction of sp³-hybridized carbons (Fsp3) is 0.100. The average molecular weight is 330 g/mol. The Morgan fingerprint density at radius 3 is 2.68 bits per heavy atom. The van der Waals surface area contributed by atoms with E-state index in [0.717, 1.165) is 33.1 Å². The van der Waals surface area contributed by atoms with Crippen LogP contribution < -0.4 is 10.2 Å². The number of para-hydroxylation sites is 2. The fourth-order valence-electron chi connectivity index (χ4n) is 2.99. The molecule has 0 spiro atoms. The van der Waals surface area contributed by atoms with Gasteiger partial charge in [-0.2, -0.15) is 5.10 Å². The van der Waals surface area contributed by atoms with Gasteiger partial charge in [-0.1, -0.05) is 42.5 Å². The number of fused-ring (bicyclic) bond motifs is 2. The second-order valence-electron chi connectivity index (χ2n) is 5.76. The molecule has 0 amide bonds. The van der Waals surface area contributed by atoms with E-state index in [0.29, 0.717) is 5.95 Å². The summed E-state index contributed by atoms with van der Waals surface area (Å²) >= 11 is 0. The molecule has 4 aromatic rings. The van der Waals surface area contributed by atoms with Crippen molar-refractivity contribution < 1.29 is 4.74 Å². The lowest BCUT2D eigenvalue weighted by Crippen LogP contribution is -2.00. The highest BCUT2D eigenvalue weighted by Crippen LogP contribution is 2.26.